The maximum atomic E-state index is 11.8. The number of benzene rings is 1. The number of halogens is 1. The zero-order valence-electron chi connectivity index (χ0n) is 9.94. The lowest BCUT2D eigenvalue weighted by Gasteiger charge is -2.10. The molecule has 0 aliphatic heterocycles. The molecule has 0 aliphatic rings. The first-order chi connectivity index (χ1) is 8.72. The molecule has 0 radical (unpaired) electrons. The third kappa shape index (κ3) is 2.71. The summed E-state index contributed by atoms with van der Waals surface area (Å²) in [4.78, 5) is 11.8. The van der Waals surface area contributed by atoms with Crippen molar-refractivity contribution in [1.82, 2.24) is 10.2 Å². The zero-order chi connectivity index (χ0) is 13.0. The van der Waals surface area contributed by atoms with E-state index in [0.717, 1.165) is 12.0 Å². The maximum absolute atomic E-state index is 11.8. The molecular formula is C13H13ClN2O2. The highest BCUT2D eigenvalue weighted by atomic mass is 35.5. The highest BCUT2D eigenvalue weighted by Crippen LogP contribution is 2.28. The number of hydrogen-bond acceptors (Lipinski definition) is 3. The van der Waals surface area contributed by atoms with Crippen LogP contribution in [0.2, 0.25) is 5.15 Å². The van der Waals surface area contributed by atoms with Gasteiger partial charge in [0.2, 0.25) is 0 Å². The molecule has 5 heteroatoms. The van der Waals surface area contributed by atoms with Crippen molar-refractivity contribution in [3.05, 3.63) is 45.8 Å². The van der Waals surface area contributed by atoms with Gasteiger partial charge in [-0.3, -0.25) is 4.79 Å². The Balaban J connectivity index is 2.49. The van der Waals surface area contributed by atoms with Gasteiger partial charge in [0.05, 0.1) is 12.2 Å². The van der Waals surface area contributed by atoms with Crippen molar-refractivity contribution < 1.29 is 4.74 Å². The fourth-order valence-electron chi connectivity index (χ4n) is 1.61. The van der Waals surface area contributed by atoms with Crippen molar-refractivity contribution in [2.75, 3.05) is 6.61 Å². The van der Waals surface area contributed by atoms with E-state index in [4.69, 9.17) is 16.3 Å². The van der Waals surface area contributed by atoms with Crippen LogP contribution in [0.5, 0.6) is 5.75 Å². The average molecular weight is 265 g/mol. The maximum Gasteiger partial charge on any atom is 0.272 e. The molecule has 4 nitrogen and oxygen atoms in total. The summed E-state index contributed by atoms with van der Waals surface area (Å²) in [5, 5.41) is 6.25. The lowest BCUT2D eigenvalue weighted by atomic mass is 10.1. The predicted molar refractivity (Wildman–Crippen MR) is 71.1 cm³/mol. The van der Waals surface area contributed by atoms with Gasteiger partial charge >= 0.3 is 0 Å². The summed E-state index contributed by atoms with van der Waals surface area (Å²) in [6.07, 6.45) is 0.905. The van der Waals surface area contributed by atoms with Crippen LogP contribution in [0.3, 0.4) is 0 Å². The molecule has 0 saturated carbocycles. The van der Waals surface area contributed by atoms with Gasteiger partial charge in [-0.05, 0) is 18.6 Å². The first-order valence-corrected chi connectivity index (χ1v) is 6.07. The van der Waals surface area contributed by atoms with E-state index < -0.39 is 0 Å². The molecule has 0 fully saturated rings. The second kappa shape index (κ2) is 5.69. The van der Waals surface area contributed by atoms with Crippen LogP contribution in [0.4, 0.5) is 0 Å². The van der Waals surface area contributed by atoms with Crippen LogP contribution in [0.15, 0.2) is 35.1 Å². The smallest absolute Gasteiger partial charge is 0.272 e. The van der Waals surface area contributed by atoms with Crippen molar-refractivity contribution in [3.8, 4) is 16.9 Å². The molecule has 0 saturated heterocycles. The van der Waals surface area contributed by atoms with Crippen molar-refractivity contribution >= 4 is 11.6 Å². The summed E-state index contributed by atoms with van der Waals surface area (Å²) >= 11 is 5.80. The van der Waals surface area contributed by atoms with Gasteiger partial charge in [0, 0.05) is 5.56 Å². The highest BCUT2D eigenvalue weighted by Gasteiger charge is 2.10. The number of nitrogens with zero attached hydrogens (tertiary/aromatic N) is 1. The highest BCUT2D eigenvalue weighted by molar-refractivity contribution is 6.29. The molecular weight excluding hydrogens is 252 g/mol. The van der Waals surface area contributed by atoms with Crippen LogP contribution in [-0.2, 0) is 0 Å². The van der Waals surface area contributed by atoms with Crippen molar-refractivity contribution in [2.45, 2.75) is 13.3 Å². The molecule has 18 heavy (non-hydrogen) atoms. The van der Waals surface area contributed by atoms with Gasteiger partial charge in [0.1, 0.15) is 10.9 Å². The molecule has 94 valence electrons. The topological polar surface area (TPSA) is 55.0 Å². The Hall–Kier alpha value is -1.81. The molecule has 0 aliphatic carbocycles. The van der Waals surface area contributed by atoms with Crippen LogP contribution in [0.25, 0.3) is 11.1 Å². The minimum absolute atomic E-state index is 0.245. The average Bonchev–Trinajstić information content (AvgIpc) is 2.39. The minimum Gasteiger partial charge on any atom is -0.493 e. The molecule has 1 N–H and O–H groups in total. The summed E-state index contributed by atoms with van der Waals surface area (Å²) in [5.41, 5.74) is 0.894. The van der Waals surface area contributed by atoms with Crippen LogP contribution in [0.1, 0.15) is 13.3 Å². The molecule has 2 rings (SSSR count). The number of hydrogen-bond donors (Lipinski definition) is 1. The van der Waals surface area contributed by atoms with Crippen LogP contribution in [0, 0.1) is 0 Å². The predicted octanol–water partition coefficient (Wildman–Crippen LogP) is 2.88. The summed E-state index contributed by atoms with van der Waals surface area (Å²) in [7, 11) is 0. The Morgan fingerprint density at radius 2 is 2.11 bits per heavy atom. The lowest BCUT2D eigenvalue weighted by Crippen LogP contribution is -2.11. The number of aromatic amines is 1. The Kier molecular flexibility index (Phi) is 3.99. The lowest BCUT2D eigenvalue weighted by molar-refractivity contribution is 0.318. The number of H-pyrrole nitrogens is 1. The zero-order valence-corrected chi connectivity index (χ0v) is 10.7. The first kappa shape index (κ1) is 12.6. The number of aromatic nitrogens is 2. The van der Waals surface area contributed by atoms with E-state index in [-0.39, 0.29) is 10.7 Å². The van der Waals surface area contributed by atoms with Gasteiger partial charge in [0.25, 0.3) is 5.56 Å². The number of rotatable bonds is 4. The molecule has 0 atom stereocenters. The van der Waals surface area contributed by atoms with E-state index in [1.165, 1.54) is 6.07 Å². The summed E-state index contributed by atoms with van der Waals surface area (Å²) < 4.78 is 5.62. The van der Waals surface area contributed by atoms with Gasteiger partial charge < -0.3 is 4.74 Å². The first-order valence-electron chi connectivity index (χ1n) is 5.69. The van der Waals surface area contributed by atoms with Crippen molar-refractivity contribution in [3.63, 3.8) is 0 Å². The number of nitrogens with one attached hydrogen (secondary N) is 1. The number of ether oxygens (including phenoxy) is 1. The van der Waals surface area contributed by atoms with Gasteiger partial charge in [-0.25, -0.2) is 5.10 Å². The Morgan fingerprint density at radius 3 is 2.89 bits per heavy atom. The van der Waals surface area contributed by atoms with Gasteiger partial charge in [-0.2, -0.15) is 5.10 Å². The minimum atomic E-state index is -0.285. The van der Waals surface area contributed by atoms with Crippen molar-refractivity contribution in [1.29, 1.82) is 0 Å². The molecule has 0 spiro atoms. The largest absolute Gasteiger partial charge is 0.493 e. The monoisotopic (exact) mass is 264 g/mol. The molecule has 2 aromatic rings. The van der Waals surface area contributed by atoms with E-state index in [1.807, 2.05) is 31.2 Å². The van der Waals surface area contributed by atoms with Gasteiger partial charge in [-0.15, -0.1) is 0 Å². The molecule has 1 aromatic carbocycles. The molecule has 0 bridgehead atoms. The fourth-order valence-corrected chi connectivity index (χ4v) is 1.76. The van der Waals surface area contributed by atoms with E-state index in [0.29, 0.717) is 17.9 Å². The van der Waals surface area contributed by atoms with Gasteiger partial charge in [0.15, 0.2) is 0 Å². The van der Waals surface area contributed by atoms with E-state index in [9.17, 15) is 4.79 Å². The molecule has 0 unspecified atom stereocenters. The second-order valence-corrected chi connectivity index (χ2v) is 4.17. The van der Waals surface area contributed by atoms with Gasteiger partial charge in [-0.1, -0.05) is 36.7 Å². The third-order valence-corrected chi connectivity index (χ3v) is 2.60. The van der Waals surface area contributed by atoms with Crippen LogP contribution >= 0.6 is 11.6 Å². The standard InChI is InChI=1S/C13H13ClN2O2/c1-2-7-18-11-6-4-3-5-9(11)10-8-12(14)15-16-13(10)17/h3-6,8H,2,7H2,1H3,(H,16,17). The summed E-state index contributed by atoms with van der Waals surface area (Å²) in [5.74, 6) is 0.673. The van der Waals surface area contributed by atoms with E-state index in [1.54, 1.807) is 0 Å². The SMILES string of the molecule is CCCOc1ccccc1-c1cc(Cl)n[nH]c1=O. The molecule has 1 aromatic heterocycles. The Bertz CT molecular complexity index is 596. The summed E-state index contributed by atoms with van der Waals surface area (Å²) in [6.45, 7) is 2.63. The third-order valence-electron chi connectivity index (χ3n) is 2.41. The summed E-state index contributed by atoms with van der Waals surface area (Å²) in [6, 6.07) is 8.91. The quantitative estimate of drug-likeness (QED) is 0.924. The van der Waals surface area contributed by atoms with Crippen LogP contribution < -0.4 is 10.3 Å². The second-order valence-electron chi connectivity index (χ2n) is 3.78. The van der Waals surface area contributed by atoms with E-state index >= 15 is 0 Å². The van der Waals surface area contributed by atoms with Crippen LogP contribution in [-0.4, -0.2) is 16.8 Å². The van der Waals surface area contributed by atoms with E-state index in [2.05, 4.69) is 10.2 Å². The Labute approximate surface area is 110 Å². The Morgan fingerprint density at radius 1 is 1.33 bits per heavy atom. The fraction of sp³-hybridized carbons (Fsp3) is 0.231. The number of para-hydroxylation sites is 1. The molecule has 1 heterocycles. The normalized spacial score (nSPS) is 10.3. The van der Waals surface area contributed by atoms with Crippen molar-refractivity contribution in [2.24, 2.45) is 0 Å². The molecule has 0 amide bonds.